The van der Waals surface area contributed by atoms with Gasteiger partial charge in [0.25, 0.3) is 0 Å². The van der Waals surface area contributed by atoms with E-state index in [-0.39, 0.29) is 5.92 Å². The van der Waals surface area contributed by atoms with Gasteiger partial charge in [-0.2, -0.15) is 0 Å². The monoisotopic (exact) mass is 451 g/mol. The summed E-state index contributed by atoms with van der Waals surface area (Å²) in [6.07, 6.45) is 14.7. The van der Waals surface area contributed by atoms with E-state index in [2.05, 4.69) is 28.0 Å². The van der Waals surface area contributed by atoms with Crippen molar-refractivity contribution in [3.63, 3.8) is 0 Å². The Labute approximate surface area is 197 Å². The first-order valence-corrected chi connectivity index (χ1v) is 12.8. The van der Waals surface area contributed by atoms with Crippen LogP contribution in [0.4, 0.5) is 0 Å². The molecule has 2 aliphatic heterocycles. The van der Waals surface area contributed by atoms with Crippen LogP contribution in [0.3, 0.4) is 0 Å². The Hall–Kier alpha value is -2.31. The zero-order chi connectivity index (χ0) is 22.3. The van der Waals surface area contributed by atoms with E-state index in [1.165, 1.54) is 51.9 Å². The van der Waals surface area contributed by atoms with Gasteiger partial charge in [0.15, 0.2) is 5.58 Å². The van der Waals surface area contributed by atoms with Crippen LogP contribution >= 0.6 is 0 Å². The van der Waals surface area contributed by atoms with Crippen molar-refractivity contribution in [1.29, 1.82) is 0 Å². The number of aromatic nitrogens is 1. The van der Waals surface area contributed by atoms with Crippen molar-refractivity contribution in [2.24, 2.45) is 0 Å². The van der Waals surface area contributed by atoms with Crippen LogP contribution in [0.1, 0.15) is 56.8 Å². The Bertz CT molecular complexity index is 955. The number of benzene rings is 1. The van der Waals surface area contributed by atoms with Gasteiger partial charge in [0.2, 0.25) is 5.89 Å². The summed E-state index contributed by atoms with van der Waals surface area (Å²) in [5.74, 6) is 2.74. The van der Waals surface area contributed by atoms with Crippen molar-refractivity contribution in [3.05, 3.63) is 48.1 Å². The summed E-state index contributed by atoms with van der Waals surface area (Å²) in [6.45, 7) is 8.77. The fraction of sp³-hybridized carbons (Fsp3) is 0.593. The largest absolute Gasteiger partial charge is 0.494 e. The molecule has 0 radical (unpaired) electrons. The van der Waals surface area contributed by atoms with Gasteiger partial charge in [-0.25, -0.2) is 4.98 Å². The van der Waals surface area contributed by atoms with Crippen molar-refractivity contribution < 1.29 is 13.9 Å². The molecule has 0 bridgehead atoms. The topological polar surface area (TPSA) is 51.0 Å². The van der Waals surface area contributed by atoms with Crippen LogP contribution in [-0.4, -0.2) is 67.3 Å². The Morgan fingerprint density at radius 2 is 1.61 bits per heavy atom. The lowest BCUT2D eigenvalue weighted by molar-refractivity contribution is 0.198. The van der Waals surface area contributed by atoms with E-state index in [0.29, 0.717) is 0 Å². The molecule has 6 heteroatoms. The molecule has 33 heavy (non-hydrogen) atoms. The molecule has 1 aromatic carbocycles. The Morgan fingerprint density at radius 1 is 0.909 bits per heavy atom. The van der Waals surface area contributed by atoms with Gasteiger partial charge < -0.3 is 23.7 Å². The molecule has 2 aromatic rings. The molecule has 1 aromatic heterocycles. The van der Waals surface area contributed by atoms with Gasteiger partial charge in [-0.15, -0.1) is 0 Å². The van der Waals surface area contributed by atoms with E-state index in [0.717, 1.165) is 74.1 Å². The average molecular weight is 452 g/mol. The van der Waals surface area contributed by atoms with E-state index >= 15 is 0 Å². The minimum atomic E-state index is 0.152. The summed E-state index contributed by atoms with van der Waals surface area (Å²) in [4.78, 5) is 9.77. The van der Waals surface area contributed by atoms with E-state index in [4.69, 9.17) is 18.9 Å². The third-order valence-corrected chi connectivity index (χ3v) is 6.93. The number of hydrogen-bond donors (Lipinski definition) is 0. The molecule has 5 rings (SSSR count). The molecule has 1 atom stereocenters. The third kappa shape index (κ3) is 6.18. The first-order valence-electron chi connectivity index (χ1n) is 12.8. The summed E-state index contributed by atoms with van der Waals surface area (Å²) in [6, 6.07) is 5.96. The Balaban J connectivity index is 1.07. The van der Waals surface area contributed by atoms with Crippen LogP contribution < -0.4 is 4.74 Å². The number of rotatable bonds is 11. The number of hydrogen-bond acceptors (Lipinski definition) is 6. The molecule has 6 nitrogen and oxygen atoms in total. The lowest BCUT2D eigenvalue weighted by atomic mass is 10.0. The fourth-order valence-corrected chi connectivity index (χ4v) is 5.03. The maximum absolute atomic E-state index is 6.10. The quantitative estimate of drug-likeness (QED) is 0.442. The lowest BCUT2D eigenvalue weighted by Gasteiger charge is -2.16. The van der Waals surface area contributed by atoms with E-state index in [1.807, 2.05) is 18.2 Å². The SMILES string of the molecule is C1=CC(c2nc3ccc(OCCCN4CCCC4)cc3o2)CC=C1OCCCN1CCCC1. The predicted molar refractivity (Wildman–Crippen MR) is 131 cm³/mol. The summed E-state index contributed by atoms with van der Waals surface area (Å²) in [7, 11) is 0. The summed E-state index contributed by atoms with van der Waals surface area (Å²) >= 11 is 0. The van der Waals surface area contributed by atoms with Gasteiger partial charge in [0.05, 0.1) is 19.1 Å². The first kappa shape index (κ1) is 22.5. The van der Waals surface area contributed by atoms with E-state index < -0.39 is 0 Å². The second kappa shape index (κ2) is 11.2. The van der Waals surface area contributed by atoms with Crippen LogP contribution in [0.2, 0.25) is 0 Å². The third-order valence-electron chi connectivity index (χ3n) is 6.93. The minimum absolute atomic E-state index is 0.152. The molecule has 2 saturated heterocycles. The predicted octanol–water partition coefficient (Wildman–Crippen LogP) is 5.12. The summed E-state index contributed by atoms with van der Waals surface area (Å²) < 4.78 is 18.0. The van der Waals surface area contributed by atoms with Crippen molar-refractivity contribution in [2.75, 3.05) is 52.5 Å². The number of nitrogens with zero attached hydrogens (tertiary/aromatic N) is 3. The Kier molecular flexibility index (Phi) is 7.64. The van der Waals surface area contributed by atoms with Gasteiger partial charge in [-0.1, -0.05) is 6.08 Å². The molecule has 0 saturated carbocycles. The molecule has 3 heterocycles. The second-order valence-electron chi connectivity index (χ2n) is 9.49. The summed E-state index contributed by atoms with van der Waals surface area (Å²) in [5.41, 5.74) is 1.68. The molecular weight excluding hydrogens is 414 g/mol. The molecule has 1 unspecified atom stereocenters. The van der Waals surface area contributed by atoms with Crippen molar-refractivity contribution in [3.8, 4) is 5.75 Å². The highest BCUT2D eigenvalue weighted by molar-refractivity contribution is 5.74. The molecule has 178 valence electrons. The van der Waals surface area contributed by atoms with Crippen LogP contribution in [0.5, 0.6) is 5.75 Å². The van der Waals surface area contributed by atoms with E-state index in [1.54, 1.807) is 0 Å². The molecule has 1 aliphatic carbocycles. The highest BCUT2D eigenvalue weighted by atomic mass is 16.5. The molecule has 0 N–H and O–H groups in total. The van der Waals surface area contributed by atoms with Gasteiger partial charge >= 0.3 is 0 Å². The van der Waals surface area contributed by atoms with Gasteiger partial charge in [-0.05, 0) is 95.4 Å². The van der Waals surface area contributed by atoms with Crippen LogP contribution in [-0.2, 0) is 4.74 Å². The number of allylic oxidation sites excluding steroid dienone is 3. The highest BCUT2D eigenvalue weighted by Crippen LogP contribution is 2.30. The molecule has 0 spiro atoms. The second-order valence-corrected chi connectivity index (χ2v) is 9.49. The summed E-state index contributed by atoms with van der Waals surface area (Å²) in [5, 5.41) is 0. The lowest BCUT2D eigenvalue weighted by Crippen LogP contribution is -2.21. The van der Waals surface area contributed by atoms with Crippen LogP contribution in [0, 0.1) is 0 Å². The minimum Gasteiger partial charge on any atom is -0.494 e. The zero-order valence-electron chi connectivity index (χ0n) is 19.7. The van der Waals surface area contributed by atoms with Crippen LogP contribution in [0.25, 0.3) is 11.1 Å². The number of oxazole rings is 1. The van der Waals surface area contributed by atoms with Crippen molar-refractivity contribution in [2.45, 2.75) is 50.9 Å². The average Bonchev–Trinajstić information content (AvgIpc) is 3.62. The molecular formula is C27H37N3O3. The number of likely N-dealkylation sites (tertiary alicyclic amines) is 2. The van der Waals surface area contributed by atoms with Gasteiger partial charge in [-0.3, -0.25) is 0 Å². The van der Waals surface area contributed by atoms with Crippen molar-refractivity contribution in [1.82, 2.24) is 14.8 Å². The molecule has 0 amide bonds. The maximum atomic E-state index is 6.10. The standard InChI is InChI=1S/C27H37N3O3/c1-2-14-29(13-1)17-5-19-31-23-9-7-22(8-10-23)27-28-25-12-11-24(21-26(25)33-27)32-20-6-18-30-15-3-4-16-30/h7,9-12,21-22H,1-6,8,13-20H2. The fourth-order valence-electron chi connectivity index (χ4n) is 5.03. The van der Waals surface area contributed by atoms with Crippen molar-refractivity contribution >= 4 is 11.1 Å². The van der Waals surface area contributed by atoms with E-state index in [9.17, 15) is 0 Å². The smallest absolute Gasteiger partial charge is 0.202 e. The highest BCUT2D eigenvalue weighted by Gasteiger charge is 2.19. The Morgan fingerprint density at radius 3 is 2.27 bits per heavy atom. The molecule has 2 fully saturated rings. The molecule has 3 aliphatic rings. The number of fused-ring (bicyclic) bond motifs is 1. The normalized spacial score (nSPS) is 21.7. The maximum Gasteiger partial charge on any atom is 0.202 e. The number of ether oxygens (including phenoxy) is 2. The van der Waals surface area contributed by atoms with Crippen LogP contribution in [0.15, 0.2) is 46.6 Å². The zero-order valence-corrected chi connectivity index (χ0v) is 19.7. The van der Waals surface area contributed by atoms with Gasteiger partial charge in [0.1, 0.15) is 17.0 Å². The van der Waals surface area contributed by atoms with Gasteiger partial charge in [0, 0.05) is 19.2 Å². The first-order chi connectivity index (χ1) is 16.3.